The summed E-state index contributed by atoms with van der Waals surface area (Å²) in [5, 5.41) is 19.1. The van der Waals surface area contributed by atoms with Gasteiger partial charge in [-0.1, -0.05) is 39.2 Å². The van der Waals surface area contributed by atoms with Gasteiger partial charge >= 0.3 is 6.16 Å². The van der Waals surface area contributed by atoms with Crippen LogP contribution in [-0.4, -0.2) is 16.4 Å². The van der Waals surface area contributed by atoms with Crippen LogP contribution in [0.4, 0.5) is 4.79 Å². The van der Waals surface area contributed by atoms with Crippen molar-refractivity contribution in [3.63, 3.8) is 0 Å². The number of hydrogen-bond donors (Lipinski definition) is 2. The third-order valence-corrected chi connectivity index (χ3v) is 3.38. The van der Waals surface area contributed by atoms with Gasteiger partial charge in [0, 0.05) is 5.56 Å². The van der Waals surface area contributed by atoms with Crippen molar-refractivity contribution >= 4 is 6.16 Å². The zero-order valence-electron chi connectivity index (χ0n) is 12.5. The zero-order chi connectivity index (χ0) is 15.1. The van der Waals surface area contributed by atoms with Crippen LogP contribution in [0.25, 0.3) is 0 Å². The quantitative estimate of drug-likeness (QED) is 0.440. The lowest BCUT2D eigenvalue weighted by molar-refractivity contribution is 0.142. The molecule has 0 amide bonds. The number of hydrogen-bond acceptors (Lipinski definition) is 3. The number of carboxylic acid groups (broad SMARTS) is 1. The second kappa shape index (κ2) is 7.78. The molecule has 0 atom stereocenters. The molecule has 0 radical (unpaired) electrons. The van der Waals surface area contributed by atoms with Gasteiger partial charge < -0.3 is 14.9 Å². The highest BCUT2D eigenvalue weighted by atomic mass is 16.7. The molecule has 0 saturated carbocycles. The summed E-state index contributed by atoms with van der Waals surface area (Å²) in [6, 6.07) is 1.93. The van der Waals surface area contributed by atoms with Crippen LogP contribution < -0.4 is 4.74 Å². The summed E-state index contributed by atoms with van der Waals surface area (Å²) < 4.78 is 4.72. The molecule has 0 bridgehead atoms. The molecule has 4 heteroatoms. The molecule has 1 aromatic rings. The van der Waals surface area contributed by atoms with Gasteiger partial charge in [-0.25, -0.2) is 4.79 Å². The van der Waals surface area contributed by atoms with E-state index in [1.165, 1.54) is 0 Å². The van der Waals surface area contributed by atoms with E-state index >= 15 is 0 Å². The van der Waals surface area contributed by atoms with Crippen LogP contribution >= 0.6 is 0 Å². The maximum Gasteiger partial charge on any atom is 0.511 e. The first-order valence-corrected chi connectivity index (χ1v) is 7.26. The van der Waals surface area contributed by atoms with Gasteiger partial charge in [-0.15, -0.1) is 0 Å². The van der Waals surface area contributed by atoms with Crippen LogP contribution in [0, 0.1) is 6.92 Å². The molecule has 112 valence electrons. The zero-order valence-corrected chi connectivity index (χ0v) is 12.5. The molecule has 20 heavy (non-hydrogen) atoms. The molecule has 1 aromatic carbocycles. The Morgan fingerprint density at radius 3 is 2.45 bits per heavy atom. The Labute approximate surface area is 120 Å². The fourth-order valence-corrected chi connectivity index (χ4v) is 2.43. The van der Waals surface area contributed by atoms with E-state index in [2.05, 4.69) is 13.8 Å². The smallest absolute Gasteiger partial charge is 0.504 e. The summed E-state index contributed by atoms with van der Waals surface area (Å²) in [5.41, 5.74) is 2.59. The SMILES string of the molecule is CCCCCc1c(CCC)cc(C)c(OC(=O)O)c1O. The lowest BCUT2D eigenvalue weighted by atomic mass is 9.94. The minimum absolute atomic E-state index is 0.00745. The topological polar surface area (TPSA) is 66.8 Å². The summed E-state index contributed by atoms with van der Waals surface area (Å²) in [7, 11) is 0. The van der Waals surface area contributed by atoms with Gasteiger partial charge in [0.25, 0.3) is 0 Å². The summed E-state index contributed by atoms with van der Waals surface area (Å²) in [6.07, 6.45) is 4.40. The minimum atomic E-state index is -1.40. The second-order valence-corrected chi connectivity index (χ2v) is 5.08. The molecule has 0 spiro atoms. The fraction of sp³-hybridized carbons (Fsp3) is 0.562. The van der Waals surface area contributed by atoms with E-state index in [0.717, 1.165) is 49.7 Å². The first kappa shape index (κ1) is 16.3. The Morgan fingerprint density at radius 2 is 1.90 bits per heavy atom. The largest absolute Gasteiger partial charge is 0.511 e. The highest BCUT2D eigenvalue weighted by Crippen LogP contribution is 2.37. The average Bonchev–Trinajstić information content (AvgIpc) is 2.38. The predicted octanol–water partition coefficient (Wildman–Crippen LogP) is 4.44. The molecule has 2 N–H and O–H groups in total. The number of aryl methyl sites for hydroxylation is 2. The molecule has 0 unspecified atom stereocenters. The molecular formula is C16H24O4. The summed E-state index contributed by atoms with van der Waals surface area (Å²) in [6.45, 7) is 5.97. The number of unbranched alkanes of at least 4 members (excludes halogenated alkanes) is 2. The van der Waals surface area contributed by atoms with Crippen molar-refractivity contribution in [2.45, 2.75) is 59.3 Å². The van der Waals surface area contributed by atoms with E-state index in [1.807, 2.05) is 6.07 Å². The monoisotopic (exact) mass is 280 g/mol. The Bertz CT molecular complexity index is 466. The van der Waals surface area contributed by atoms with E-state index in [4.69, 9.17) is 9.84 Å². The minimum Gasteiger partial charge on any atom is -0.504 e. The Balaban J connectivity index is 3.16. The third-order valence-electron chi connectivity index (χ3n) is 3.38. The van der Waals surface area contributed by atoms with Crippen molar-refractivity contribution in [1.82, 2.24) is 0 Å². The van der Waals surface area contributed by atoms with E-state index < -0.39 is 6.16 Å². The Morgan fingerprint density at radius 1 is 1.20 bits per heavy atom. The van der Waals surface area contributed by atoms with Gasteiger partial charge in [0.1, 0.15) is 0 Å². The lowest BCUT2D eigenvalue weighted by Crippen LogP contribution is -2.07. The molecule has 0 heterocycles. The highest BCUT2D eigenvalue weighted by Gasteiger charge is 2.18. The van der Waals surface area contributed by atoms with Crippen LogP contribution in [0.1, 0.15) is 56.2 Å². The predicted molar refractivity (Wildman–Crippen MR) is 78.7 cm³/mol. The molecule has 4 nitrogen and oxygen atoms in total. The van der Waals surface area contributed by atoms with Crippen LogP contribution in [0.5, 0.6) is 11.5 Å². The fourth-order valence-electron chi connectivity index (χ4n) is 2.43. The second-order valence-electron chi connectivity index (χ2n) is 5.08. The van der Waals surface area contributed by atoms with Crippen molar-refractivity contribution in [3.05, 3.63) is 22.8 Å². The molecule has 0 aliphatic rings. The molecule has 1 rings (SSSR count). The van der Waals surface area contributed by atoms with E-state index in [9.17, 15) is 9.90 Å². The Kier molecular flexibility index (Phi) is 6.36. The molecule has 0 aliphatic heterocycles. The van der Waals surface area contributed by atoms with Gasteiger partial charge in [-0.05, 0) is 37.3 Å². The van der Waals surface area contributed by atoms with Crippen LogP contribution in [0.15, 0.2) is 6.07 Å². The van der Waals surface area contributed by atoms with Crippen LogP contribution in [0.2, 0.25) is 0 Å². The molecular weight excluding hydrogens is 256 g/mol. The van der Waals surface area contributed by atoms with Gasteiger partial charge in [-0.3, -0.25) is 0 Å². The number of ether oxygens (including phenoxy) is 1. The van der Waals surface area contributed by atoms with Gasteiger partial charge in [0.15, 0.2) is 11.5 Å². The summed E-state index contributed by atoms with van der Waals surface area (Å²) in [4.78, 5) is 10.7. The number of carbonyl (C=O) groups is 1. The first-order chi connectivity index (χ1) is 9.51. The standard InChI is InChI=1S/C16H24O4/c1-4-6-7-9-13-12(8-5-2)10-11(3)15(14(13)17)20-16(18)19/h10,17H,4-9H2,1-3H3,(H,18,19). The molecule has 0 aromatic heterocycles. The number of rotatable bonds is 7. The molecule has 0 fully saturated rings. The van der Waals surface area contributed by atoms with Gasteiger partial charge in [0.2, 0.25) is 0 Å². The normalized spacial score (nSPS) is 10.6. The van der Waals surface area contributed by atoms with Crippen LogP contribution in [-0.2, 0) is 12.8 Å². The van der Waals surface area contributed by atoms with E-state index in [1.54, 1.807) is 6.92 Å². The number of phenolic OH excluding ortho intramolecular Hbond substituents is 1. The summed E-state index contributed by atoms with van der Waals surface area (Å²) in [5.74, 6) is 0.0656. The first-order valence-electron chi connectivity index (χ1n) is 7.26. The molecule has 0 saturated heterocycles. The maximum atomic E-state index is 10.7. The number of aromatic hydroxyl groups is 1. The lowest BCUT2D eigenvalue weighted by Gasteiger charge is -2.16. The average molecular weight is 280 g/mol. The van der Waals surface area contributed by atoms with Crippen LogP contribution in [0.3, 0.4) is 0 Å². The van der Waals surface area contributed by atoms with Gasteiger partial charge in [0.05, 0.1) is 0 Å². The Hall–Kier alpha value is -1.71. The van der Waals surface area contributed by atoms with E-state index in [0.29, 0.717) is 5.56 Å². The third kappa shape index (κ3) is 4.15. The van der Waals surface area contributed by atoms with Crippen molar-refractivity contribution in [2.24, 2.45) is 0 Å². The summed E-state index contributed by atoms with van der Waals surface area (Å²) >= 11 is 0. The van der Waals surface area contributed by atoms with Crippen molar-refractivity contribution in [2.75, 3.05) is 0 Å². The molecule has 0 aliphatic carbocycles. The van der Waals surface area contributed by atoms with Crippen molar-refractivity contribution < 1.29 is 19.7 Å². The van der Waals surface area contributed by atoms with E-state index in [-0.39, 0.29) is 11.5 Å². The van der Waals surface area contributed by atoms with Crippen molar-refractivity contribution in [1.29, 1.82) is 0 Å². The number of benzene rings is 1. The maximum absolute atomic E-state index is 10.7. The number of phenols is 1. The highest BCUT2D eigenvalue weighted by molar-refractivity contribution is 5.66. The van der Waals surface area contributed by atoms with Crippen molar-refractivity contribution in [3.8, 4) is 11.5 Å². The van der Waals surface area contributed by atoms with Gasteiger partial charge in [-0.2, -0.15) is 0 Å².